The topological polar surface area (TPSA) is 68.7 Å². The molecule has 0 bridgehead atoms. The molecule has 0 fully saturated rings. The van der Waals surface area contributed by atoms with Crippen LogP contribution < -0.4 is 4.74 Å². The Labute approximate surface area is 153 Å². The van der Waals surface area contributed by atoms with Crippen LogP contribution in [0.2, 0.25) is 0 Å². The maximum Gasteiger partial charge on any atom is 0.342 e. The second-order valence-electron chi connectivity index (χ2n) is 5.96. The number of carbonyl (C=O) groups is 1. The highest BCUT2D eigenvalue weighted by Crippen LogP contribution is 2.36. The van der Waals surface area contributed by atoms with Gasteiger partial charge < -0.3 is 14.6 Å². The number of phenols is 1. The van der Waals surface area contributed by atoms with E-state index in [0.29, 0.717) is 23.3 Å². The van der Waals surface area contributed by atoms with Crippen molar-refractivity contribution in [3.63, 3.8) is 0 Å². The molecule has 0 atom stereocenters. The number of aromatic nitrogens is 1. The van der Waals surface area contributed by atoms with E-state index in [0.717, 1.165) is 11.1 Å². The number of carbonyl (C=O) groups excluding carboxylic acids is 1. The predicted molar refractivity (Wildman–Crippen MR) is 102 cm³/mol. The lowest BCUT2D eigenvalue weighted by Gasteiger charge is -2.15. The van der Waals surface area contributed by atoms with Crippen LogP contribution in [0.15, 0.2) is 42.2 Å². The van der Waals surface area contributed by atoms with Gasteiger partial charge in [0.25, 0.3) is 0 Å². The highest BCUT2D eigenvalue weighted by Gasteiger charge is 2.22. The van der Waals surface area contributed by atoms with E-state index in [1.807, 2.05) is 38.1 Å². The van der Waals surface area contributed by atoms with Crippen LogP contribution in [0, 0.1) is 0 Å². The maximum atomic E-state index is 12.3. The van der Waals surface area contributed by atoms with Crippen molar-refractivity contribution in [1.82, 2.24) is 4.98 Å². The Bertz CT molecular complexity index is 835. The maximum absolute atomic E-state index is 12.3. The fraction of sp³-hybridized carbons (Fsp3) is 0.238. The van der Waals surface area contributed by atoms with Gasteiger partial charge in [0.15, 0.2) is 0 Å². The van der Waals surface area contributed by atoms with Crippen LogP contribution in [-0.4, -0.2) is 30.3 Å². The molecule has 5 heteroatoms. The van der Waals surface area contributed by atoms with E-state index in [1.54, 1.807) is 24.5 Å². The lowest BCUT2D eigenvalue weighted by atomic mass is 9.97. The number of aromatic hydroxyl groups is 1. The molecule has 0 aliphatic rings. The van der Waals surface area contributed by atoms with Crippen LogP contribution in [0.3, 0.4) is 0 Å². The normalized spacial score (nSPS) is 10.6. The summed E-state index contributed by atoms with van der Waals surface area (Å²) in [4.78, 5) is 16.2. The third-order valence-corrected chi connectivity index (χ3v) is 3.88. The second kappa shape index (κ2) is 8.85. The molecular formula is C21H23NO4. The summed E-state index contributed by atoms with van der Waals surface area (Å²) >= 11 is 0. The molecule has 0 saturated heterocycles. The quantitative estimate of drug-likeness (QED) is 0.621. The molecule has 0 unspecified atom stereocenters. The number of benzene rings is 1. The van der Waals surface area contributed by atoms with Crippen LogP contribution in [0.25, 0.3) is 12.2 Å². The zero-order valence-corrected chi connectivity index (χ0v) is 15.4. The Morgan fingerprint density at radius 1 is 1.19 bits per heavy atom. The predicted octanol–water partition coefficient (Wildman–Crippen LogP) is 4.26. The molecule has 26 heavy (non-hydrogen) atoms. The van der Waals surface area contributed by atoms with Gasteiger partial charge in [-0.25, -0.2) is 4.79 Å². The Hall–Kier alpha value is -3.08. The van der Waals surface area contributed by atoms with Gasteiger partial charge in [0, 0.05) is 18.0 Å². The van der Waals surface area contributed by atoms with Crippen molar-refractivity contribution in [2.75, 3.05) is 14.2 Å². The Kier molecular flexibility index (Phi) is 6.55. The Balaban J connectivity index is 2.59. The van der Waals surface area contributed by atoms with Gasteiger partial charge in [0.1, 0.15) is 17.1 Å². The van der Waals surface area contributed by atoms with E-state index in [1.165, 1.54) is 14.2 Å². The molecule has 136 valence electrons. The molecule has 0 spiro atoms. The van der Waals surface area contributed by atoms with Gasteiger partial charge in [-0.2, -0.15) is 0 Å². The van der Waals surface area contributed by atoms with Crippen LogP contribution in [0.1, 0.15) is 40.9 Å². The van der Waals surface area contributed by atoms with Crippen molar-refractivity contribution in [1.29, 1.82) is 0 Å². The summed E-state index contributed by atoms with van der Waals surface area (Å²) in [6, 6.07) is 5.42. The summed E-state index contributed by atoms with van der Waals surface area (Å²) in [5, 5.41) is 10.7. The zero-order chi connectivity index (χ0) is 19.1. The number of allylic oxidation sites excluding steroid dienone is 2. The van der Waals surface area contributed by atoms with Crippen molar-refractivity contribution in [2.45, 2.75) is 20.3 Å². The molecule has 0 aliphatic heterocycles. The number of phenolic OH excluding ortho intramolecular Hbond substituents is 1. The third kappa shape index (κ3) is 4.51. The molecule has 1 aromatic heterocycles. The average molecular weight is 353 g/mol. The number of pyridine rings is 1. The van der Waals surface area contributed by atoms with Gasteiger partial charge in [0.2, 0.25) is 0 Å². The molecule has 5 nitrogen and oxygen atoms in total. The van der Waals surface area contributed by atoms with Gasteiger partial charge in [-0.1, -0.05) is 23.8 Å². The van der Waals surface area contributed by atoms with Gasteiger partial charge in [0.05, 0.1) is 14.2 Å². The smallest absolute Gasteiger partial charge is 0.342 e. The Morgan fingerprint density at radius 2 is 1.88 bits per heavy atom. The highest BCUT2D eigenvalue weighted by molar-refractivity contribution is 5.98. The van der Waals surface area contributed by atoms with E-state index in [4.69, 9.17) is 9.47 Å². The third-order valence-electron chi connectivity index (χ3n) is 3.88. The van der Waals surface area contributed by atoms with Gasteiger partial charge in [-0.3, -0.25) is 4.98 Å². The van der Waals surface area contributed by atoms with Crippen molar-refractivity contribution in [2.24, 2.45) is 0 Å². The highest BCUT2D eigenvalue weighted by atomic mass is 16.5. The number of esters is 1. The minimum atomic E-state index is -0.599. The lowest BCUT2D eigenvalue weighted by molar-refractivity contribution is 0.0597. The van der Waals surface area contributed by atoms with Crippen LogP contribution in [0.4, 0.5) is 0 Å². The molecule has 1 N–H and O–H groups in total. The fourth-order valence-electron chi connectivity index (χ4n) is 2.50. The number of hydrogen-bond acceptors (Lipinski definition) is 5. The number of nitrogens with zero attached hydrogens (tertiary/aromatic N) is 1. The van der Waals surface area contributed by atoms with Crippen molar-refractivity contribution in [3.05, 3.63) is 64.5 Å². The lowest BCUT2D eigenvalue weighted by Crippen LogP contribution is -2.07. The summed E-state index contributed by atoms with van der Waals surface area (Å²) in [7, 11) is 2.83. The zero-order valence-electron chi connectivity index (χ0n) is 15.4. The second-order valence-corrected chi connectivity index (χ2v) is 5.96. The van der Waals surface area contributed by atoms with Gasteiger partial charge in [-0.05, 0) is 49.6 Å². The first-order chi connectivity index (χ1) is 12.5. The van der Waals surface area contributed by atoms with Crippen molar-refractivity contribution in [3.8, 4) is 11.5 Å². The van der Waals surface area contributed by atoms with Crippen molar-refractivity contribution >= 4 is 18.1 Å². The SMILES string of the molecule is COC(=O)c1c(C=Cc2ccncc2)cc(OC)c(CC=C(C)C)c1O. The molecular weight excluding hydrogens is 330 g/mol. The molecule has 1 aromatic carbocycles. The minimum absolute atomic E-state index is 0.121. The van der Waals surface area contributed by atoms with Gasteiger partial charge >= 0.3 is 5.97 Å². The minimum Gasteiger partial charge on any atom is -0.507 e. The van der Waals surface area contributed by atoms with E-state index in [-0.39, 0.29) is 11.3 Å². The molecule has 0 aliphatic carbocycles. The van der Waals surface area contributed by atoms with Crippen LogP contribution in [0.5, 0.6) is 11.5 Å². The molecule has 0 radical (unpaired) electrons. The molecule has 2 rings (SSSR count). The molecule has 2 aromatic rings. The van der Waals surface area contributed by atoms with E-state index >= 15 is 0 Å². The average Bonchev–Trinajstić information content (AvgIpc) is 2.65. The largest absolute Gasteiger partial charge is 0.507 e. The van der Waals surface area contributed by atoms with Crippen molar-refractivity contribution < 1.29 is 19.4 Å². The van der Waals surface area contributed by atoms with Crippen LogP contribution >= 0.6 is 0 Å². The summed E-state index contributed by atoms with van der Waals surface area (Å²) in [5.41, 5.74) is 3.21. The monoisotopic (exact) mass is 353 g/mol. The number of methoxy groups -OCH3 is 2. The summed E-state index contributed by atoms with van der Waals surface area (Å²) < 4.78 is 10.3. The first-order valence-electron chi connectivity index (χ1n) is 8.20. The summed E-state index contributed by atoms with van der Waals surface area (Å²) in [6.45, 7) is 3.94. The first kappa shape index (κ1) is 19.2. The van der Waals surface area contributed by atoms with Crippen LogP contribution in [-0.2, 0) is 11.2 Å². The standard InChI is InChI=1S/C21H23NO4/c1-14(2)5-8-17-18(25-3)13-16(19(20(17)23)21(24)26-4)7-6-15-9-11-22-12-10-15/h5-7,9-13,23H,8H2,1-4H3. The number of ether oxygens (including phenoxy) is 2. The number of rotatable bonds is 6. The number of hydrogen-bond donors (Lipinski definition) is 1. The molecule has 1 heterocycles. The fourth-order valence-corrected chi connectivity index (χ4v) is 2.50. The summed E-state index contributed by atoms with van der Waals surface area (Å²) in [6.07, 6.45) is 9.36. The first-order valence-corrected chi connectivity index (χ1v) is 8.20. The molecule has 0 saturated carbocycles. The van der Waals surface area contributed by atoms with E-state index in [2.05, 4.69) is 4.98 Å². The summed E-state index contributed by atoms with van der Waals surface area (Å²) in [5.74, 6) is -0.205. The van der Waals surface area contributed by atoms with E-state index < -0.39 is 5.97 Å². The molecule has 0 amide bonds. The van der Waals surface area contributed by atoms with Gasteiger partial charge in [-0.15, -0.1) is 0 Å². The Morgan fingerprint density at radius 3 is 2.46 bits per heavy atom. The van der Waals surface area contributed by atoms with E-state index in [9.17, 15) is 9.90 Å².